The average molecular weight is 625 g/mol. The van der Waals surface area contributed by atoms with Crippen molar-refractivity contribution in [3.63, 3.8) is 0 Å². The summed E-state index contributed by atoms with van der Waals surface area (Å²) in [4.78, 5) is 14.8. The van der Waals surface area contributed by atoms with Crippen molar-refractivity contribution in [3.05, 3.63) is 170 Å². The van der Waals surface area contributed by atoms with Gasteiger partial charge in [-0.25, -0.2) is 15.0 Å². The van der Waals surface area contributed by atoms with Gasteiger partial charge in [0.1, 0.15) is 0 Å². The lowest BCUT2D eigenvalue weighted by Gasteiger charge is -2.13. The van der Waals surface area contributed by atoms with Crippen molar-refractivity contribution in [1.82, 2.24) is 19.5 Å². The van der Waals surface area contributed by atoms with Gasteiger partial charge in [-0.05, 0) is 45.8 Å². The van der Waals surface area contributed by atoms with Gasteiger partial charge in [-0.15, -0.1) is 0 Å². The zero-order valence-corrected chi connectivity index (χ0v) is 26.5. The molecule has 0 atom stereocenters. The van der Waals surface area contributed by atoms with Gasteiger partial charge in [0, 0.05) is 43.9 Å². The molecule has 228 valence electrons. The van der Waals surface area contributed by atoms with Gasteiger partial charge in [0.15, 0.2) is 17.5 Å². The molecule has 0 amide bonds. The summed E-state index contributed by atoms with van der Waals surface area (Å²) in [6.45, 7) is 0. The molecule has 2 heterocycles. The third-order valence-corrected chi connectivity index (χ3v) is 9.61. The standard InChI is InChI=1S/C45H28N4/c1-3-14-30(15-4-1)43-46-44(31-16-5-2-6-17-31)48-45(47-43)32-23-26-33(27-24-32)49-41-34-18-8-7-13-29(34)25-28-39(41)40-37-21-11-9-19-35(37)36-20-10-12-22-38(36)42(40)49/h1-28H. The van der Waals surface area contributed by atoms with E-state index in [0.29, 0.717) is 17.5 Å². The summed E-state index contributed by atoms with van der Waals surface area (Å²) in [7, 11) is 0. The highest BCUT2D eigenvalue weighted by atomic mass is 15.0. The molecular weight excluding hydrogens is 597 g/mol. The first-order chi connectivity index (χ1) is 24.3. The fourth-order valence-corrected chi connectivity index (χ4v) is 7.39. The number of hydrogen-bond donors (Lipinski definition) is 0. The molecule has 0 unspecified atom stereocenters. The van der Waals surface area contributed by atoms with Gasteiger partial charge in [-0.1, -0.05) is 146 Å². The van der Waals surface area contributed by atoms with Crippen LogP contribution in [-0.2, 0) is 0 Å². The molecular formula is C45H28N4. The summed E-state index contributed by atoms with van der Waals surface area (Å²) in [6.07, 6.45) is 0. The van der Waals surface area contributed by atoms with Gasteiger partial charge < -0.3 is 4.57 Å². The molecule has 0 N–H and O–H groups in total. The molecule has 49 heavy (non-hydrogen) atoms. The topological polar surface area (TPSA) is 43.6 Å². The maximum atomic E-state index is 4.98. The molecule has 8 aromatic carbocycles. The lowest BCUT2D eigenvalue weighted by molar-refractivity contribution is 1.07. The van der Waals surface area contributed by atoms with Crippen LogP contribution in [0.1, 0.15) is 0 Å². The van der Waals surface area contributed by atoms with Gasteiger partial charge in [0.05, 0.1) is 11.0 Å². The van der Waals surface area contributed by atoms with E-state index in [0.717, 1.165) is 22.4 Å². The molecule has 0 aliphatic rings. The van der Waals surface area contributed by atoms with E-state index in [2.05, 4.69) is 114 Å². The van der Waals surface area contributed by atoms with Crippen molar-refractivity contribution < 1.29 is 0 Å². The number of rotatable bonds is 4. The predicted molar refractivity (Wildman–Crippen MR) is 203 cm³/mol. The van der Waals surface area contributed by atoms with Crippen molar-refractivity contribution in [2.45, 2.75) is 0 Å². The van der Waals surface area contributed by atoms with Crippen LogP contribution >= 0.6 is 0 Å². The fourth-order valence-electron chi connectivity index (χ4n) is 7.39. The molecule has 0 aliphatic carbocycles. The minimum Gasteiger partial charge on any atom is -0.308 e. The molecule has 0 aliphatic heterocycles. The van der Waals surface area contributed by atoms with Crippen molar-refractivity contribution in [1.29, 1.82) is 0 Å². The first kappa shape index (κ1) is 27.5. The summed E-state index contributed by atoms with van der Waals surface area (Å²) in [6, 6.07) is 59.7. The second-order valence-electron chi connectivity index (χ2n) is 12.4. The second-order valence-corrected chi connectivity index (χ2v) is 12.4. The molecule has 10 rings (SSSR count). The summed E-state index contributed by atoms with van der Waals surface area (Å²) >= 11 is 0. The first-order valence-electron chi connectivity index (χ1n) is 16.5. The van der Waals surface area contributed by atoms with E-state index in [-0.39, 0.29) is 0 Å². The lowest BCUT2D eigenvalue weighted by atomic mass is 9.96. The summed E-state index contributed by atoms with van der Waals surface area (Å²) in [5.74, 6) is 1.95. The zero-order chi connectivity index (χ0) is 32.3. The number of hydrogen-bond acceptors (Lipinski definition) is 3. The smallest absolute Gasteiger partial charge is 0.164 e. The van der Waals surface area contributed by atoms with Gasteiger partial charge in [-0.2, -0.15) is 0 Å². The Hall–Kier alpha value is -6.65. The van der Waals surface area contributed by atoms with E-state index in [9.17, 15) is 0 Å². The minimum atomic E-state index is 0.642. The highest BCUT2D eigenvalue weighted by Crippen LogP contribution is 2.44. The largest absolute Gasteiger partial charge is 0.308 e. The SMILES string of the molecule is c1ccc(-c2nc(-c3ccccc3)nc(-c3ccc(-n4c5c6ccccc6ccc5c5c6ccccc6c6ccccc6c54)cc3)n2)cc1. The Morgan fingerprint density at radius 3 is 1.39 bits per heavy atom. The van der Waals surface area contributed by atoms with Crippen LogP contribution in [0.5, 0.6) is 0 Å². The summed E-state index contributed by atoms with van der Waals surface area (Å²) < 4.78 is 2.46. The molecule has 0 saturated heterocycles. The van der Waals surface area contributed by atoms with Crippen LogP contribution in [0.25, 0.3) is 94.0 Å². The monoisotopic (exact) mass is 624 g/mol. The van der Waals surface area contributed by atoms with E-state index in [1.54, 1.807) is 0 Å². The van der Waals surface area contributed by atoms with Crippen LogP contribution in [0, 0.1) is 0 Å². The van der Waals surface area contributed by atoms with Crippen molar-refractivity contribution >= 4 is 54.1 Å². The Kier molecular flexibility index (Phi) is 6.15. The number of benzene rings is 8. The summed E-state index contributed by atoms with van der Waals surface area (Å²) in [5.41, 5.74) is 6.35. The highest BCUT2D eigenvalue weighted by Gasteiger charge is 2.21. The van der Waals surface area contributed by atoms with Crippen LogP contribution in [0.3, 0.4) is 0 Å². The Bertz CT molecular complexity index is 2800. The number of fused-ring (bicyclic) bond motifs is 10. The quantitative estimate of drug-likeness (QED) is 0.183. The molecule has 0 spiro atoms. The van der Waals surface area contributed by atoms with E-state index < -0.39 is 0 Å². The Labute approximate surface area is 282 Å². The second kappa shape index (κ2) is 11.0. The third kappa shape index (κ3) is 4.35. The number of aromatic nitrogens is 4. The maximum absolute atomic E-state index is 4.98. The van der Waals surface area contributed by atoms with Crippen LogP contribution < -0.4 is 0 Å². The molecule has 10 aromatic rings. The fraction of sp³-hybridized carbons (Fsp3) is 0. The third-order valence-electron chi connectivity index (χ3n) is 9.61. The lowest BCUT2D eigenvalue weighted by Crippen LogP contribution is -2.00. The van der Waals surface area contributed by atoms with Gasteiger partial charge >= 0.3 is 0 Å². The van der Waals surface area contributed by atoms with Crippen LogP contribution in [-0.4, -0.2) is 19.5 Å². The first-order valence-corrected chi connectivity index (χ1v) is 16.5. The normalized spacial score (nSPS) is 11.7. The molecule has 4 heteroatoms. The Balaban J connectivity index is 1.24. The Morgan fingerprint density at radius 2 is 0.776 bits per heavy atom. The van der Waals surface area contributed by atoms with Gasteiger partial charge in [0.2, 0.25) is 0 Å². The highest BCUT2D eigenvalue weighted by molar-refractivity contribution is 6.34. The average Bonchev–Trinajstić information content (AvgIpc) is 3.55. The van der Waals surface area contributed by atoms with E-state index in [4.69, 9.17) is 15.0 Å². The summed E-state index contributed by atoms with van der Waals surface area (Å²) in [5, 5.41) is 9.99. The zero-order valence-electron chi connectivity index (χ0n) is 26.5. The Morgan fingerprint density at radius 1 is 0.306 bits per heavy atom. The van der Waals surface area contributed by atoms with Crippen molar-refractivity contribution in [2.24, 2.45) is 0 Å². The molecule has 0 radical (unpaired) electrons. The van der Waals surface area contributed by atoms with Gasteiger partial charge in [0.25, 0.3) is 0 Å². The van der Waals surface area contributed by atoms with Gasteiger partial charge in [-0.3, -0.25) is 0 Å². The van der Waals surface area contributed by atoms with Crippen LogP contribution in [0.2, 0.25) is 0 Å². The minimum absolute atomic E-state index is 0.642. The molecule has 0 saturated carbocycles. The van der Waals surface area contributed by atoms with E-state index >= 15 is 0 Å². The molecule has 0 bridgehead atoms. The van der Waals surface area contributed by atoms with Crippen molar-refractivity contribution in [3.8, 4) is 39.9 Å². The molecule has 0 fully saturated rings. The predicted octanol–water partition coefficient (Wildman–Crippen LogP) is 11.4. The number of nitrogens with zero attached hydrogens (tertiary/aromatic N) is 4. The van der Waals surface area contributed by atoms with Crippen molar-refractivity contribution in [2.75, 3.05) is 0 Å². The van der Waals surface area contributed by atoms with Crippen LogP contribution in [0.4, 0.5) is 0 Å². The molecule has 2 aromatic heterocycles. The van der Waals surface area contributed by atoms with E-state index in [1.165, 1.54) is 54.1 Å². The van der Waals surface area contributed by atoms with Crippen LogP contribution in [0.15, 0.2) is 170 Å². The van der Waals surface area contributed by atoms with E-state index in [1.807, 2.05) is 60.7 Å². The molecule has 4 nitrogen and oxygen atoms in total. The maximum Gasteiger partial charge on any atom is 0.164 e.